The summed E-state index contributed by atoms with van der Waals surface area (Å²) < 4.78 is 142. The summed E-state index contributed by atoms with van der Waals surface area (Å²) in [4.78, 5) is 0. The number of alkyl halides is 8. The first kappa shape index (κ1) is 23.5. The van der Waals surface area contributed by atoms with Gasteiger partial charge in [-0.05, 0) is 0 Å². The number of nitrogens with two attached hydrogens (primary N) is 2. The summed E-state index contributed by atoms with van der Waals surface area (Å²) in [5.41, 5.74) is 0. The smallest absolute Gasteiger partial charge is 0.223 e. The van der Waals surface area contributed by atoms with E-state index in [1.807, 2.05) is 0 Å². The maximum Gasteiger partial charge on any atom is 0.426 e. The van der Waals surface area contributed by atoms with Crippen LogP contribution >= 0.6 is 0 Å². The quantitative estimate of drug-likeness (QED) is 0.498. The minimum absolute atomic E-state index is 0. The number of hydrogen-bond acceptors (Lipinski definition) is 4. The van der Waals surface area contributed by atoms with Crippen LogP contribution in [-0.2, 0) is 20.0 Å². The fourth-order valence-electron chi connectivity index (χ4n) is 0.723. The van der Waals surface area contributed by atoms with Crippen molar-refractivity contribution >= 4 is 49.6 Å². The molecule has 0 spiro atoms. The monoisotopic (exact) mass is 383 g/mol. The van der Waals surface area contributed by atoms with E-state index in [4.69, 9.17) is 0 Å². The van der Waals surface area contributed by atoms with Crippen molar-refractivity contribution in [1.29, 1.82) is 0 Å². The molecule has 17 heteroatoms. The minimum Gasteiger partial charge on any atom is -0.223 e. The van der Waals surface area contributed by atoms with Gasteiger partial charge in [0, 0.05) is 29.6 Å². The van der Waals surface area contributed by atoms with Gasteiger partial charge in [-0.15, -0.1) is 0 Å². The van der Waals surface area contributed by atoms with Crippen molar-refractivity contribution < 1.29 is 52.0 Å². The van der Waals surface area contributed by atoms with Crippen molar-refractivity contribution in [2.45, 2.75) is 22.4 Å². The number of halogens is 8. The van der Waals surface area contributed by atoms with Crippen LogP contribution in [0, 0.1) is 0 Å². The molecule has 21 heavy (non-hydrogen) atoms. The van der Waals surface area contributed by atoms with E-state index in [0.717, 1.165) is 0 Å². The molecule has 0 aliphatic carbocycles. The molecular weight excluding hydrogens is 379 g/mol. The molecule has 0 aromatic rings. The Kier molecular flexibility index (Phi) is 6.40. The number of rotatable bonds is 5. The van der Waals surface area contributed by atoms with Gasteiger partial charge in [0.05, 0.1) is 0 Å². The molecule has 0 saturated heterocycles. The van der Waals surface area contributed by atoms with E-state index in [1.54, 1.807) is 0 Å². The molecule has 0 bridgehead atoms. The summed E-state index contributed by atoms with van der Waals surface area (Å²) in [6.07, 6.45) is 0. The van der Waals surface area contributed by atoms with Crippen LogP contribution in [-0.4, -0.2) is 68.7 Å². The van der Waals surface area contributed by atoms with Gasteiger partial charge >= 0.3 is 22.4 Å². The second-order valence-electron chi connectivity index (χ2n) is 3.27. The Morgan fingerprint density at radius 3 is 0.810 bits per heavy atom. The Hall–Kier alpha value is 0.260. The molecule has 0 atom stereocenters. The summed E-state index contributed by atoms with van der Waals surface area (Å²) in [6.45, 7) is 0. The topological polar surface area (TPSA) is 120 Å². The van der Waals surface area contributed by atoms with Gasteiger partial charge in [-0.25, -0.2) is 27.1 Å². The number of sulfonamides is 2. The molecule has 0 unspecified atom stereocenters. The fourth-order valence-corrected chi connectivity index (χ4v) is 1.69. The molecule has 0 aromatic heterocycles. The predicted octanol–water partition coefficient (Wildman–Crippen LogP) is -0.361. The van der Waals surface area contributed by atoms with Crippen LogP contribution in [0.15, 0.2) is 0 Å². The van der Waals surface area contributed by atoms with Gasteiger partial charge in [0.15, 0.2) is 0 Å². The van der Waals surface area contributed by atoms with E-state index >= 15 is 0 Å². The van der Waals surface area contributed by atoms with Gasteiger partial charge in [-0.1, -0.05) is 0 Å². The molecule has 1 radical (unpaired) electrons. The zero-order valence-corrected chi connectivity index (χ0v) is 13.3. The Bertz CT molecular complexity index is 548. The van der Waals surface area contributed by atoms with E-state index in [-0.39, 0.29) is 29.6 Å². The standard InChI is InChI=1S/C4H4F8N2O4S2.Na/c5-1(6,3(9,10)19(13,15)16)2(7,8)4(11,12)20(14,17)18;/h(H2,13,15,16)(H2,14,17,18);. The third-order valence-corrected chi connectivity index (χ3v) is 3.78. The zero-order valence-electron chi connectivity index (χ0n) is 9.63. The molecule has 0 heterocycles. The summed E-state index contributed by atoms with van der Waals surface area (Å²) in [5, 5.41) is -6.72. The number of hydrogen-bond donors (Lipinski definition) is 2. The molecular formula is C4H4F8N2NaO4S2. The molecule has 0 amide bonds. The van der Waals surface area contributed by atoms with Gasteiger partial charge in [0.25, 0.3) is 20.0 Å². The molecule has 0 fully saturated rings. The van der Waals surface area contributed by atoms with Gasteiger partial charge in [0.2, 0.25) is 0 Å². The first-order valence-electron chi connectivity index (χ1n) is 3.81. The summed E-state index contributed by atoms with van der Waals surface area (Å²) in [7, 11) is -13.6. The second kappa shape index (κ2) is 5.72. The molecule has 6 nitrogen and oxygen atoms in total. The molecule has 123 valence electrons. The Morgan fingerprint density at radius 1 is 0.571 bits per heavy atom. The molecule has 4 N–H and O–H groups in total. The van der Waals surface area contributed by atoms with Crippen LogP contribution in [0.25, 0.3) is 0 Å². The Morgan fingerprint density at radius 2 is 0.714 bits per heavy atom. The van der Waals surface area contributed by atoms with Crippen molar-refractivity contribution in [2.75, 3.05) is 0 Å². The van der Waals surface area contributed by atoms with Crippen LogP contribution < -0.4 is 10.3 Å². The zero-order chi connectivity index (χ0) is 17.0. The van der Waals surface area contributed by atoms with Crippen molar-refractivity contribution in [3.63, 3.8) is 0 Å². The van der Waals surface area contributed by atoms with Crippen LogP contribution in [0.1, 0.15) is 0 Å². The van der Waals surface area contributed by atoms with Crippen molar-refractivity contribution in [1.82, 2.24) is 0 Å². The fraction of sp³-hybridized carbons (Fsp3) is 1.00. The van der Waals surface area contributed by atoms with Crippen LogP contribution in [0.4, 0.5) is 35.1 Å². The van der Waals surface area contributed by atoms with E-state index < -0.39 is 42.4 Å². The summed E-state index contributed by atoms with van der Waals surface area (Å²) >= 11 is 0. The first-order chi connectivity index (χ1) is 8.25. The number of primary sulfonamides is 2. The molecule has 0 aliphatic heterocycles. The van der Waals surface area contributed by atoms with Crippen LogP contribution in [0.3, 0.4) is 0 Å². The van der Waals surface area contributed by atoms with E-state index in [2.05, 4.69) is 10.3 Å². The van der Waals surface area contributed by atoms with E-state index in [9.17, 15) is 52.0 Å². The third kappa shape index (κ3) is 3.30. The Balaban J connectivity index is 0. The second-order valence-corrected chi connectivity index (χ2v) is 6.48. The third-order valence-electron chi connectivity index (χ3n) is 1.84. The Labute approximate surface area is 134 Å². The van der Waals surface area contributed by atoms with Crippen LogP contribution in [0.5, 0.6) is 0 Å². The van der Waals surface area contributed by atoms with Gasteiger partial charge in [-0.2, -0.15) is 35.1 Å². The normalized spacial score (nSPS) is 15.5. The minimum atomic E-state index is -7.37. The summed E-state index contributed by atoms with van der Waals surface area (Å²) in [5.74, 6) is -14.7. The molecule has 0 saturated carbocycles. The van der Waals surface area contributed by atoms with Crippen molar-refractivity contribution in [3.8, 4) is 0 Å². The van der Waals surface area contributed by atoms with E-state index in [0.29, 0.717) is 0 Å². The molecule has 0 aromatic carbocycles. The summed E-state index contributed by atoms with van der Waals surface area (Å²) in [6, 6.07) is 0. The molecule has 0 rings (SSSR count). The largest absolute Gasteiger partial charge is 0.426 e. The van der Waals surface area contributed by atoms with Gasteiger partial charge in [-0.3, -0.25) is 0 Å². The average Bonchev–Trinajstić information content (AvgIpc) is 2.12. The SMILES string of the molecule is NS(=O)(=O)C(F)(F)C(F)(F)C(F)(F)C(F)(F)S(N)(=O)=O.[Na]. The van der Waals surface area contributed by atoms with Crippen molar-refractivity contribution in [3.05, 3.63) is 0 Å². The van der Waals surface area contributed by atoms with Gasteiger partial charge in [0.1, 0.15) is 0 Å². The van der Waals surface area contributed by atoms with E-state index in [1.165, 1.54) is 0 Å². The maximum atomic E-state index is 12.7. The van der Waals surface area contributed by atoms with Crippen molar-refractivity contribution in [2.24, 2.45) is 10.3 Å². The predicted molar refractivity (Wildman–Crippen MR) is 51.8 cm³/mol. The molecule has 0 aliphatic rings. The maximum absolute atomic E-state index is 12.7. The average molecular weight is 383 g/mol. The van der Waals surface area contributed by atoms with Crippen LogP contribution in [0.2, 0.25) is 0 Å². The first-order valence-corrected chi connectivity index (χ1v) is 6.90. The van der Waals surface area contributed by atoms with Gasteiger partial charge < -0.3 is 0 Å².